The van der Waals surface area contributed by atoms with E-state index < -0.39 is 0 Å². The second-order valence-corrected chi connectivity index (χ2v) is 5.48. The number of nitrogens with zero attached hydrogens (tertiary/aromatic N) is 3. The molecule has 21 heavy (non-hydrogen) atoms. The molecule has 0 aliphatic heterocycles. The van der Waals surface area contributed by atoms with Gasteiger partial charge in [0.1, 0.15) is 11.6 Å². The number of hydrogen-bond acceptors (Lipinski definition) is 2. The molecule has 0 N–H and O–H groups in total. The Labute approximate surface area is 123 Å². The summed E-state index contributed by atoms with van der Waals surface area (Å²) in [6, 6.07) is 6.82. The molecule has 3 rings (SSSR count). The molecule has 1 fully saturated rings. The van der Waals surface area contributed by atoms with Gasteiger partial charge in [0.25, 0.3) is 0 Å². The summed E-state index contributed by atoms with van der Waals surface area (Å²) in [6.45, 7) is 2.77. The van der Waals surface area contributed by atoms with E-state index in [2.05, 4.69) is 4.98 Å². The minimum Gasteiger partial charge on any atom is -0.332 e. The number of hydrogen-bond donors (Lipinski definition) is 0. The summed E-state index contributed by atoms with van der Waals surface area (Å²) in [7, 11) is 0. The van der Waals surface area contributed by atoms with Gasteiger partial charge in [0.15, 0.2) is 0 Å². The first-order valence-electron chi connectivity index (χ1n) is 7.15. The van der Waals surface area contributed by atoms with Crippen molar-refractivity contribution in [2.45, 2.75) is 38.9 Å². The van der Waals surface area contributed by atoms with Crippen LogP contribution in [0.25, 0.3) is 0 Å². The van der Waals surface area contributed by atoms with Crippen LogP contribution >= 0.6 is 0 Å². The number of carbonyl (C=O) groups is 1. The molecule has 0 unspecified atom stereocenters. The number of benzene rings is 1. The minimum atomic E-state index is -0.235. The highest BCUT2D eigenvalue weighted by Crippen LogP contribution is 2.28. The number of aromatic nitrogens is 2. The lowest BCUT2D eigenvalue weighted by molar-refractivity contribution is -0.130. The van der Waals surface area contributed by atoms with E-state index in [1.807, 2.05) is 15.7 Å². The Kier molecular flexibility index (Phi) is 3.73. The fourth-order valence-electron chi connectivity index (χ4n) is 2.46. The first-order chi connectivity index (χ1) is 10.1. The standard InChI is InChI=1S/C16H18FN3O/c1-12(21)20(15-6-7-15)11-16-18-8-9-19(16)10-13-2-4-14(17)5-3-13/h2-5,8-9,15H,6-7,10-11H2,1H3. The van der Waals surface area contributed by atoms with Crippen LogP contribution in [-0.4, -0.2) is 26.4 Å². The quantitative estimate of drug-likeness (QED) is 0.847. The summed E-state index contributed by atoms with van der Waals surface area (Å²) < 4.78 is 14.9. The summed E-state index contributed by atoms with van der Waals surface area (Å²) in [5.74, 6) is 0.719. The average molecular weight is 287 g/mol. The highest BCUT2D eigenvalue weighted by Gasteiger charge is 2.31. The van der Waals surface area contributed by atoms with Crippen LogP contribution in [0.4, 0.5) is 4.39 Å². The molecular formula is C16H18FN3O. The van der Waals surface area contributed by atoms with E-state index >= 15 is 0 Å². The van der Waals surface area contributed by atoms with E-state index in [9.17, 15) is 9.18 Å². The van der Waals surface area contributed by atoms with Crippen LogP contribution in [0.15, 0.2) is 36.7 Å². The van der Waals surface area contributed by atoms with Crippen molar-refractivity contribution in [1.82, 2.24) is 14.5 Å². The Hall–Kier alpha value is -2.17. The fraction of sp³-hybridized carbons (Fsp3) is 0.375. The third-order valence-electron chi connectivity index (χ3n) is 3.77. The van der Waals surface area contributed by atoms with Gasteiger partial charge < -0.3 is 9.47 Å². The molecular weight excluding hydrogens is 269 g/mol. The van der Waals surface area contributed by atoms with E-state index in [1.54, 1.807) is 25.3 Å². The maximum absolute atomic E-state index is 12.9. The molecule has 0 radical (unpaired) electrons. The molecule has 1 aliphatic carbocycles. The Bertz CT molecular complexity index is 631. The van der Waals surface area contributed by atoms with Crippen molar-refractivity contribution in [3.8, 4) is 0 Å². The van der Waals surface area contributed by atoms with Crippen molar-refractivity contribution in [2.75, 3.05) is 0 Å². The van der Waals surface area contributed by atoms with Crippen LogP contribution in [0.5, 0.6) is 0 Å². The summed E-state index contributed by atoms with van der Waals surface area (Å²) in [4.78, 5) is 17.9. The molecule has 4 nitrogen and oxygen atoms in total. The van der Waals surface area contributed by atoms with Gasteiger partial charge in [-0.05, 0) is 30.5 Å². The topological polar surface area (TPSA) is 38.1 Å². The van der Waals surface area contributed by atoms with Gasteiger partial charge in [-0.3, -0.25) is 4.79 Å². The van der Waals surface area contributed by atoms with Crippen LogP contribution in [0.2, 0.25) is 0 Å². The monoisotopic (exact) mass is 287 g/mol. The summed E-state index contributed by atoms with van der Waals surface area (Å²) in [5, 5.41) is 0. The normalized spacial score (nSPS) is 14.2. The van der Waals surface area contributed by atoms with Gasteiger partial charge in [0, 0.05) is 31.9 Å². The number of carbonyl (C=O) groups excluding carboxylic acids is 1. The van der Waals surface area contributed by atoms with Crippen molar-refractivity contribution in [3.05, 3.63) is 53.9 Å². The second kappa shape index (κ2) is 5.68. The van der Waals surface area contributed by atoms with Gasteiger partial charge in [0.2, 0.25) is 5.91 Å². The van der Waals surface area contributed by atoms with Crippen LogP contribution in [0, 0.1) is 5.82 Å². The number of amides is 1. The molecule has 1 heterocycles. The zero-order valence-corrected chi connectivity index (χ0v) is 12.0. The third-order valence-corrected chi connectivity index (χ3v) is 3.77. The number of halogens is 1. The van der Waals surface area contributed by atoms with Gasteiger partial charge in [0.05, 0.1) is 6.54 Å². The van der Waals surface area contributed by atoms with Gasteiger partial charge in [-0.2, -0.15) is 0 Å². The average Bonchev–Trinajstić information content (AvgIpc) is 3.20. The summed E-state index contributed by atoms with van der Waals surface area (Å²) >= 11 is 0. The van der Waals surface area contributed by atoms with E-state index in [4.69, 9.17) is 0 Å². The maximum atomic E-state index is 12.9. The molecule has 0 atom stereocenters. The molecule has 0 spiro atoms. The van der Waals surface area contributed by atoms with Gasteiger partial charge >= 0.3 is 0 Å². The Morgan fingerprint density at radius 2 is 2.10 bits per heavy atom. The fourth-order valence-corrected chi connectivity index (χ4v) is 2.46. The van der Waals surface area contributed by atoms with Crippen LogP contribution in [0.1, 0.15) is 31.2 Å². The molecule has 1 aromatic heterocycles. The van der Waals surface area contributed by atoms with Crippen LogP contribution in [-0.2, 0) is 17.9 Å². The molecule has 110 valence electrons. The Balaban J connectivity index is 1.74. The van der Waals surface area contributed by atoms with Crippen molar-refractivity contribution in [1.29, 1.82) is 0 Å². The molecule has 1 aliphatic rings. The molecule has 1 amide bonds. The molecule has 1 aromatic carbocycles. The van der Waals surface area contributed by atoms with Gasteiger partial charge in [-0.1, -0.05) is 12.1 Å². The molecule has 2 aromatic rings. The van der Waals surface area contributed by atoms with Crippen molar-refractivity contribution >= 4 is 5.91 Å². The van der Waals surface area contributed by atoms with E-state index in [-0.39, 0.29) is 11.7 Å². The molecule has 5 heteroatoms. The van der Waals surface area contributed by atoms with Gasteiger partial charge in [-0.25, -0.2) is 9.37 Å². The molecule has 0 bridgehead atoms. The molecule has 0 saturated heterocycles. The predicted molar refractivity (Wildman–Crippen MR) is 77.0 cm³/mol. The van der Waals surface area contributed by atoms with Gasteiger partial charge in [-0.15, -0.1) is 0 Å². The SMILES string of the molecule is CC(=O)N(Cc1nccn1Cc1ccc(F)cc1)C1CC1. The first-order valence-corrected chi connectivity index (χ1v) is 7.15. The van der Waals surface area contributed by atoms with E-state index in [0.717, 1.165) is 24.2 Å². The van der Waals surface area contributed by atoms with Crippen molar-refractivity contribution < 1.29 is 9.18 Å². The lowest BCUT2D eigenvalue weighted by atomic mass is 10.2. The third kappa shape index (κ3) is 3.29. The smallest absolute Gasteiger partial charge is 0.220 e. The Morgan fingerprint density at radius 3 is 2.71 bits per heavy atom. The lowest BCUT2D eigenvalue weighted by Gasteiger charge is -2.20. The van der Waals surface area contributed by atoms with Crippen LogP contribution in [0.3, 0.4) is 0 Å². The van der Waals surface area contributed by atoms with Crippen molar-refractivity contribution in [3.63, 3.8) is 0 Å². The Morgan fingerprint density at radius 1 is 1.38 bits per heavy atom. The minimum absolute atomic E-state index is 0.0915. The number of imidazole rings is 1. The first kappa shape index (κ1) is 13.8. The van der Waals surface area contributed by atoms with E-state index in [1.165, 1.54) is 12.1 Å². The highest BCUT2D eigenvalue weighted by atomic mass is 19.1. The maximum Gasteiger partial charge on any atom is 0.220 e. The predicted octanol–water partition coefficient (Wildman–Crippen LogP) is 2.58. The lowest BCUT2D eigenvalue weighted by Crippen LogP contribution is -2.31. The van der Waals surface area contributed by atoms with E-state index in [0.29, 0.717) is 19.1 Å². The largest absolute Gasteiger partial charge is 0.332 e. The zero-order chi connectivity index (χ0) is 14.8. The molecule has 1 saturated carbocycles. The zero-order valence-electron chi connectivity index (χ0n) is 12.0. The highest BCUT2D eigenvalue weighted by molar-refractivity contribution is 5.73. The summed E-state index contributed by atoms with van der Waals surface area (Å²) in [5.41, 5.74) is 1.01. The summed E-state index contributed by atoms with van der Waals surface area (Å²) in [6.07, 6.45) is 5.80. The second-order valence-electron chi connectivity index (χ2n) is 5.48. The number of rotatable bonds is 5. The van der Waals surface area contributed by atoms with Crippen LogP contribution < -0.4 is 0 Å². The van der Waals surface area contributed by atoms with Crippen molar-refractivity contribution in [2.24, 2.45) is 0 Å².